The van der Waals surface area contributed by atoms with Crippen LogP contribution in [0.1, 0.15) is 10.4 Å². The summed E-state index contributed by atoms with van der Waals surface area (Å²) in [6, 6.07) is 12.6. The lowest BCUT2D eigenvalue weighted by molar-refractivity contribution is 0.0601. The molecule has 0 unspecified atom stereocenters. The van der Waals surface area contributed by atoms with Gasteiger partial charge in [-0.25, -0.2) is 4.79 Å². The third-order valence-electron chi connectivity index (χ3n) is 2.60. The number of nitrogens with two attached hydrogens (primary N) is 1. The highest BCUT2D eigenvalue weighted by atomic mass is 79.9. The van der Waals surface area contributed by atoms with Crippen molar-refractivity contribution >= 4 is 39.0 Å². The zero-order chi connectivity index (χ0) is 13.8. The number of rotatable bonds is 3. The Morgan fingerprint density at radius 3 is 2.53 bits per heavy atom. The Kier molecular flexibility index (Phi) is 4.06. The first kappa shape index (κ1) is 13.4. The van der Waals surface area contributed by atoms with Crippen molar-refractivity contribution in [2.24, 2.45) is 0 Å². The summed E-state index contributed by atoms with van der Waals surface area (Å²) in [5.41, 5.74) is 8.46. The molecule has 4 nitrogen and oxygen atoms in total. The first-order valence-corrected chi connectivity index (χ1v) is 6.40. The molecule has 2 aromatic rings. The van der Waals surface area contributed by atoms with E-state index in [-0.39, 0.29) is 5.97 Å². The Morgan fingerprint density at radius 2 is 1.89 bits per heavy atom. The van der Waals surface area contributed by atoms with Crippen molar-refractivity contribution in [1.29, 1.82) is 0 Å². The highest BCUT2D eigenvalue weighted by Gasteiger charge is 2.08. The molecule has 0 amide bonds. The van der Waals surface area contributed by atoms with E-state index in [0.29, 0.717) is 16.9 Å². The van der Waals surface area contributed by atoms with Crippen molar-refractivity contribution in [2.45, 2.75) is 0 Å². The van der Waals surface area contributed by atoms with Gasteiger partial charge in [-0.05, 0) is 42.5 Å². The third-order valence-corrected chi connectivity index (χ3v) is 3.13. The van der Waals surface area contributed by atoms with Crippen molar-refractivity contribution in [1.82, 2.24) is 0 Å². The molecule has 2 aromatic carbocycles. The Labute approximate surface area is 119 Å². The van der Waals surface area contributed by atoms with Crippen LogP contribution in [0.3, 0.4) is 0 Å². The number of ether oxygens (including phenoxy) is 1. The van der Waals surface area contributed by atoms with Gasteiger partial charge in [0, 0.05) is 10.2 Å². The molecule has 0 saturated carbocycles. The number of hydrogen-bond acceptors (Lipinski definition) is 4. The quantitative estimate of drug-likeness (QED) is 0.670. The minimum atomic E-state index is -0.390. The van der Waals surface area contributed by atoms with E-state index in [0.717, 1.165) is 10.2 Å². The third kappa shape index (κ3) is 3.26. The number of carbonyl (C=O) groups excluding carboxylic acids is 1. The molecule has 0 aliphatic carbocycles. The van der Waals surface area contributed by atoms with Crippen LogP contribution in [0.4, 0.5) is 17.1 Å². The lowest BCUT2D eigenvalue weighted by Crippen LogP contribution is -2.03. The predicted octanol–water partition coefficient (Wildman–Crippen LogP) is 3.56. The van der Waals surface area contributed by atoms with Gasteiger partial charge in [0.05, 0.1) is 24.0 Å². The van der Waals surface area contributed by atoms with Crippen LogP contribution in [0, 0.1) is 0 Å². The van der Waals surface area contributed by atoms with Gasteiger partial charge in [0.25, 0.3) is 0 Å². The molecular formula is C14H13BrN2O2. The van der Waals surface area contributed by atoms with Crippen LogP contribution in [0.5, 0.6) is 0 Å². The fourth-order valence-electron chi connectivity index (χ4n) is 1.60. The Morgan fingerprint density at radius 1 is 1.21 bits per heavy atom. The van der Waals surface area contributed by atoms with Gasteiger partial charge < -0.3 is 15.8 Å². The lowest BCUT2D eigenvalue weighted by atomic mass is 10.1. The standard InChI is InChI=1S/C14H13BrN2O2/c1-19-14(18)9-2-7-12(16)13(8-9)17-11-5-3-10(15)4-6-11/h2-8,17H,16H2,1H3. The first-order valence-electron chi connectivity index (χ1n) is 5.60. The van der Waals surface area contributed by atoms with Crippen molar-refractivity contribution in [3.63, 3.8) is 0 Å². The van der Waals surface area contributed by atoms with Gasteiger partial charge in [-0.1, -0.05) is 15.9 Å². The zero-order valence-electron chi connectivity index (χ0n) is 10.3. The van der Waals surface area contributed by atoms with Crippen LogP contribution in [0.25, 0.3) is 0 Å². The molecule has 3 N–H and O–H groups in total. The Hall–Kier alpha value is -2.01. The zero-order valence-corrected chi connectivity index (χ0v) is 11.9. The Balaban J connectivity index is 2.28. The van der Waals surface area contributed by atoms with E-state index in [4.69, 9.17) is 5.73 Å². The van der Waals surface area contributed by atoms with E-state index < -0.39 is 0 Å². The second-order valence-electron chi connectivity index (χ2n) is 3.93. The first-order chi connectivity index (χ1) is 9.10. The number of benzene rings is 2. The van der Waals surface area contributed by atoms with Gasteiger partial charge in [0.2, 0.25) is 0 Å². The molecule has 0 radical (unpaired) electrons. The van der Waals surface area contributed by atoms with Gasteiger partial charge in [-0.2, -0.15) is 0 Å². The molecule has 0 spiro atoms. The van der Waals surface area contributed by atoms with E-state index in [1.54, 1.807) is 18.2 Å². The molecule has 5 heteroatoms. The monoisotopic (exact) mass is 320 g/mol. The fraction of sp³-hybridized carbons (Fsp3) is 0.0714. The van der Waals surface area contributed by atoms with Gasteiger partial charge >= 0.3 is 5.97 Å². The number of anilines is 3. The topological polar surface area (TPSA) is 64.3 Å². The summed E-state index contributed by atoms with van der Waals surface area (Å²) in [5, 5.41) is 3.17. The number of hydrogen-bond donors (Lipinski definition) is 2. The number of halogens is 1. The molecular weight excluding hydrogens is 308 g/mol. The van der Waals surface area contributed by atoms with Gasteiger partial charge in [0.1, 0.15) is 0 Å². The van der Waals surface area contributed by atoms with E-state index >= 15 is 0 Å². The molecule has 0 saturated heterocycles. The van der Waals surface area contributed by atoms with Crippen LogP contribution in [-0.4, -0.2) is 13.1 Å². The molecule has 98 valence electrons. The fourth-order valence-corrected chi connectivity index (χ4v) is 1.86. The molecule has 0 heterocycles. The molecule has 19 heavy (non-hydrogen) atoms. The van der Waals surface area contributed by atoms with Crippen molar-refractivity contribution in [2.75, 3.05) is 18.2 Å². The maximum Gasteiger partial charge on any atom is 0.337 e. The van der Waals surface area contributed by atoms with E-state index in [1.807, 2.05) is 24.3 Å². The molecule has 0 aliphatic heterocycles. The average Bonchev–Trinajstić information content (AvgIpc) is 2.43. The molecule has 0 fully saturated rings. The number of nitrogens with one attached hydrogen (secondary N) is 1. The Bertz CT molecular complexity index is 597. The number of methoxy groups -OCH3 is 1. The van der Waals surface area contributed by atoms with Crippen LogP contribution in [0.2, 0.25) is 0 Å². The molecule has 0 aromatic heterocycles. The van der Waals surface area contributed by atoms with Gasteiger partial charge in [-0.3, -0.25) is 0 Å². The summed E-state index contributed by atoms with van der Waals surface area (Å²) in [6.45, 7) is 0. The van der Waals surface area contributed by atoms with Crippen LogP contribution in [-0.2, 0) is 4.74 Å². The highest BCUT2D eigenvalue weighted by Crippen LogP contribution is 2.25. The minimum Gasteiger partial charge on any atom is -0.465 e. The van der Waals surface area contributed by atoms with Crippen molar-refractivity contribution in [3.8, 4) is 0 Å². The second-order valence-corrected chi connectivity index (χ2v) is 4.84. The average molecular weight is 321 g/mol. The van der Waals surface area contributed by atoms with Crippen LogP contribution < -0.4 is 11.1 Å². The summed E-state index contributed by atoms with van der Waals surface area (Å²) in [6.07, 6.45) is 0. The normalized spacial score (nSPS) is 10.0. The summed E-state index contributed by atoms with van der Waals surface area (Å²) in [7, 11) is 1.35. The molecule has 2 rings (SSSR count). The minimum absolute atomic E-state index is 0.390. The van der Waals surface area contributed by atoms with Crippen molar-refractivity contribution in [3.05, 3.63) is 52.5 Å². The number of carbonyl (C=O) groups is 1. The summed E-state index contributed by atoms with van der Waals surface area (Å²) >= 11 is 3.37. The van der Waals surface area contributed by atoms with E-state index in [2.05, 4.69) is 26.0 Å². The SMILES string of the molecule is COC(=O)c1ccc(N)c(Nc2ccc(Br)cc2)c1. The lowest BCUT2D eigenvalue weighted by Gasteiger charge is -2.10. The van der Waals surface area contributed by atoms with Crippen LogP contribution in [0.15, 0.2) is 46.9 Å². The van der Waals surface area contributed by atoms with Gasteiger partial charge in [-0.15, -0.1) is 0 Å². The van der Waals surface area contributed by atoms with E-state index in [9.17, 15) is 4.79 Å². The van der Waals surface area contributed by atoms with Crippen molar-refractivity contribution < 1.29 is 9.53 Å². The molecule has 0 atom stereocenters. The summed E-state index contributed by atoms with van der Waals surface area (Å²) in [4.78, 5) is 11.5. The van der Waals surface area contributed by atoms with Crippen LogP contribution >= 0.6 is 15.9 Å². The maximum atomic E-state index is 11.5. The molecule has 0 bridgehead atoms. The summed E-state index contributed by atoms with van der Waals surface area (Å²) in [5.74, 6) is -0.390. The number of nitrogen functional groups attached to an aromatic ring is 1. The maximum absolute atomic E-state index is 11.5. The number of esters is 1. The second kappa shape index (κ2) is 5.75. The predicted molar refractivity (Wildman–Crippen MR) is 79.6 cm³/mol. The highest BCUT2D eigenvalue weighted by molar-refractivity contribution is 9.10. The smallest absolute Gasteiger partial charge is 0.337 e. The van der Waals surface area contributed by atoms with Gasteiger partial charge in [0.15, 0.2) is 0 Å². The van der Waals surface area contributed by atoms with E-state index in [1.165, 1.54) is 7.11 Å². The summed E-state index contributed by atoms with van der Waals surface area (Å²) < 4.78 is 5.68. The molecule has 0 aliphatic rings. The largest absolute Gasteiger partial charge is 0.465 e.